The summed E-state index contributed by atoms with van der Waals surface area (Å²) in [5.41, 5.74) is 2.35. The number of hydrogen-bond donors (Lipinski definition) is 1. The van der Waals surface area contributed by atoms with Gasteiger partial charge in [0, 0.05) is 10.6 Å². The summed E-state index contributed by atoms with van der Waals surface area (Å²) in [6.45, 7) is 1.41. The van der Waals surface area contributed by atoms with Crippen LogP contribution in [0.5, 0.6) is 5.75 Å². The van der Waals surface area contributed by atoms with E-state index in [4.69, 9.17) is 27.9 Å². The van der Waals surface area contributed by atoms with Crippen LogP contribution in [-0.4, -0.2) is 33.7 Å². The summed E-state index contributed by atoms with van der Waals surface area (Å²) in [7, 11) is -4.20. The first-order valence-electron chi connectivity index (χ1n) is 10.00. The normalized spacial score (nSPS) is 11.4. The molecule has 0 saturated carbocycles. The molecular formula is C23H20Cl2FN3O4S. The van der Waals surface area contributed by atoms with Crippen molar-refractivity contribution >= 4 is 51.0 Å². The Kier molecular flexibility index (Phi) is 8.49. The number of anilines is 1. The third-order valence-corrected chi connectivity index (χ3v) is 6.86. The standard InChI is InChI=1S/C23H20Cl2FN3O4S/c1-2-33-22-9-4-3-8-21(22)29(34(31,32)17-12-10-16(24)11-13-17)15-23(30)28-27-14-18-19(25)6-5-7-20(18)26/h3-14H,2,15H2,1H3,(H,28,30)/b27-14-. The lowest BCUT2D eigenvalue weighted by molar-refractivity contribution is -0.119. The van der Waals surface area contributed by atoms with Crippen LogP contribution in [-0.2, 0) is 14.8 Å². The van der Waals surface area contributed by atoms with Crippen LogP contribution in [0.25, 0.3) is 0 Å². The molecule has 0 heterocycles. The van der Waals surface area contributed by atoms with Gasteiger partial charge in [-0.05, 0) is 55.5 Å². The Morgan fingerprint density at radius 1 is 1.09 bits per heavy atom. The highest BCUT2D eigenvalue weighted by Gasteiger charge is 2.29. The molecule has 7 nitrogen and oxygen atoms in total. The molecule has 0 fully saturated rings. The zero-order chi connectivity index (χ0) is 24.7. The Morgan fingerprint density at radius 3 is 2.47 bits per heavy atom. The van der Waals surface area contributed by atoms with E-state index >= 15 is 0 Å². The SMILES string of the molecule is CCOc1ccccc1N(CC(=O)N/N=C\c1c(F)cccc1Cl)S(=O)(=O)c1ccc(Cl)cc1. The van der Waals surface area contributed by atoms with Crippen LogP contribution in [0.4, 0.5) is 10.1 Å². The fraction of sp³-hybridized carbons (Fsp3) is 0.130. The van der Waals surface area contributed by atoms with E-state index in [0.717, 1.165) is 10.5 Å². The number of hydrazone groups is 1. The maximum Gasteiger partial charge on any atom is 0.264 e. The lowest BCUT2D eigenvalue weighted by Crippen LogP contribution is -2.39. The van der Waals surface area contributed by atoms with Crippen LogP contribution < -0.4 is 14.5 Å². The minimum atomic E-state index is -4.20. The van der Waals surface area contributed by atoms with Crippen LogP contribution in [0.1, 0.15) is 12.5 Å². The molecular weight excluding hydrogens is 504 g/mol. The van der Waals surface area contributed by atoms with E-state index in [1.165, 1.54) is 48.5 Å². The molecule has 0 unspecified atom stereocenters. The first-order chi connectivity index (χ1) is 16.2. The number of rotatable bonds is 9. The molecule has 1 N–H and O–H groups in total. The first kappa shape index (κ1) is 25.5. The highest BCUT2D eigenvalue weighted by atomic mass is 35.5. The van der Waals surface area contributed by atoms with E-state index < -0.39 is 28.3 Å². The summed E-state index contributed by atoms with van der Waals surface area (Å²) < 4.78 is 47.3. The highest BCUT2D eigenvalue weighted by molar-refractivity contribution is 7.92. The lowest BCUT2D eigenvalue weighted by atomic mass is 10.2. The Bertz CT molecular complexity index is 1280. The number of carbonyl (C=O) groups excluding carboxylic acids is 1. The van der Waals surface area contributed by atoms with Gasteiger partial charge in [0.15, 0.2) is 0 Å². The molecule has 1 amide bonds. The fourth-order valence-electron chi connectivity index (χ4n) is 2.94. The Hall–Kier alpha value is -3.14. The van der Waals surface area contributed by atoms with Crippen molar-refractivity contribution in [2.45, 2.75) is 11.8 Å². The average molecular weight is 524 g/mol. The molecule has 0 saturated heterocycles. The van der Waals surface area contributed by atoms with E-state index in [2.05, 4.69) is 10.5 Å². The van der Waals surface area contributed by atoms with Gasteiger partial charge in [0.2, 0.25) is 0 Å². The zero-order valence-electron chi connectivity index (χ0n) is 17.9. The third-order valence-electron chi connectivity index (χ3n) is 4.51. The Balaban J connectivity index is 1.92. The number of para-hydroxylation sites is 2. The van der Waals surface area contributed by atoms with Gasteiger partial charge in [0.05, 0.1) is 28.4 Å². The number of nitrogens with zero attached hydrogens (tertiary/aromatic N) is 2. The Labute approximate surface area is 206 Å². The van der Waals surface area contributed by atoms with Gasteiger partial charge in [0.25, 0.3) is 15.9 Å². The average Bonchev–Trinajstić information content (AvgIpc) is 2.80. The van der Waals surface area contributed by atoms with Gasteiger partial charge >= 0.3 is 0 Å². The summed E-state index contributed by atoms with van der Waals surface area (Å²) in [6.07, 6.45) is 1.04. The summed E-state index contributed by atoms with van der Waals surface area (Å²) in [5.74, 6) is -1.12. The van der Waals surface area contributed by atoms with Gasteiger partial charge in [-0.1, -0.05) is 41.4 Å². The number of amides is 1. The van der Waals surface area contributed by atoms with Crippen LogP contribution in [0.15, 0.2) is 76.7 Å². The van der Waals surface area contributed by atoms with Gasteiger partial charge in [-0.2, -0.15) is 5.10 Å². The van der Waals surface area contributed by atoms with Crippen molar-refractivity contribution in [3.8, 4) is 5.75 Å². The van der Waals surface area contributed by atoms with Crippen molar-refractivity contribution in [3.63, 3.8) is 0 Å². The molecule has 3 aromatic rings. The maximum absolute atomic E-state index is 13.9. The van der Waals surface area contributed by atoms with Gasteiger partial charge in [0.1, 0.15) is 18.1 Å². The monoisotopic (exact) mass is 523 g/mol. The van der Waals surface area contributed by atoms with E-state index in [-0.39, 0.29) is 33.5 Å². The molecule has 0 atom stereocenters. The predicted molar refractivity (Wildman–Crippen MR) is 131 cm³/mol. The van der Waals surface area contributed by atoms with Crippen LogP contribution >= 0.6 is 23.2 Å². The molecule has 0 aliphatic heterocycles. The largest absolute Gasteiger partial charge is 0.492 e. The number of carbonyl (C=O) groups is 1. The molecule has 3 aromatic carbocycles. The first-order valence-corrected chi connectivity index (χ1v) is 12.2. The Morgan fingerprint density at radius 2 is 1.79 bits per heavy atom. The number of benzene rings is 3. The predicted octanol–water partition coefficient (Wildman–Crippen LogP) is 4.88. The van der Waals surface area contributed by atoms with E-state index in [0.29, 0.717) is 5.02 Å². The molecule has 178 valence electrons. The minimum absolute atomic E-state index is 0.0169. The molecule has 0 aliphatic carbocycles. The summed E-state index contributed by atoms with van der Waals surface area (Å²) in [4.78, 5) is 12.6. The molecule has 11 heteroatoms. The van der Waals surface area contributed by atoms with Crippen LogP contribution in [0.2, 0.25) is 10.0 Å². The topological polar surface area (TPSA) is 88.1 Å². The maximum atomic E-state index is 13.9. The fourth-order valence-corrected chi connectivity index (χ4v) is 4.71. The van der Waals surface area contributed by atoms with Crippen LogP contribution in [0, 0.1) is 5.82 Å². The lowest BCUT2D eigenvalue weighted by Gasteiger charge is -2.25. The highest BCUT2D eigenvalue weighted by Crippen LogP contribution is 2.32. The van der Waals surface area contributed by atoms with Crippen molar-refractivity contribution in [1.82, 2.24) is 5.43 Å². The van der Waals surface area contributed by atoms with Gasteiger partial charge in [-0.15, -0.1) is 0 Å². The van der Waals surface area contributed by atoms with Crippen molar-refractivity contribution in [3.05, 3.63) is 88.2 Å². The number of ether oxygens (including phenoxy) is 1. The summed E-state index contributed by atoms with van der Waals surface area (Å²) in [5, 5.41) is 4.18. The van der Waals surface area contributed by atoms with Crippen molar-refractivity contribution in [2.75, 3.05) is 17.5 Å². The summed E-state index contributed by atoms with van der Waals surface area (Å²) in [6, 6.07) is 16.1. The second-order valence-electron chi connectivity index (χ2n) is 6.79. The van der Waals surface area contributed by atoms with Gasteiger partial charge < -0.3 is 4.74 Å². The van der Waals surface area contributed by atoms with E-state index in [1.807, 2.05) is 0 Å². The van der Waals surface area contributed by atoms with Gasteiger partial charge in [-0.3, -0.25) is 9.10 Å². The molecule has 3 rings (SSSR count). The quantitative estimate of drug-likeness (QED) is 0.320. The number of sulfonamides is 1. The molecule has 34 heavy (non-hydrogen) atoms. The molecule has 0 spiro atoms. The number of nitrogens with one attached hydrogen (secondary N) is 1. The molecule has 0 aromatic heterocycles. The minimum Gasteiger partial charge on any atom is -0.492 e. The smallest absolute Gasteiger partial charge is 0.264 e. The zero-order valence-corrected chi connectivity index (χ0v) is 20.2. The molecule has 0 aliphatic rings. The van der Waals surface area contributed by atoms with Crippen molar-refractivity contribution < 1.29 is 22.3 Å². The van der Waals surface area contributed by atoms with Crippen LogP contribution in [0.3, 0.4) is 0 Å². The molecule has 0 radical (unpaired) electrons. The summed E-state index contributed by atoms with van der Waals surface area (Å²) >= 11 is 11.8. The number of halogens is 3. The van der Waals surface area contributed by atoms with E-state index in [1.54, 1.807) is 25.1 Å². The second kappa shape index (κ2) is 11.3. The molecule has 0 bridgehead atoms. The third kappa shape index (κ3) is 6.05. The van der Waals surface area contributed by atoms with Crippen molar-refractivity contribution in [2.24, 2.45) is 5.10 Å². The van der Waals surface area contributed by atoms with Crippen molar-refractivity contribution in [1.29, 1.82) is 0 Å². The number of hydrogen-bond acceptors (Lipinski definition) is 5. The second-order valence-corrected chi connectivity index (χ2v) is 9.50. The van der Waals surface area contributed by atoms with Gasteiger partial charge in [-0.25, -0.2) is 18.2 Å². The van der Waals surface area contributed by atoms with E-state index in [9.17, 15) is 17.6 Å².